The Labute approximate surface area is 144 Å². The number of amides is 1. The minimum Gasteiger partial charge on any atom is -0.349 e. The first-order valence-corrected chi connectivity index (χ1v) is 9.85. The van der Waals surface area contributed by atoms with Crippen LogP contribution < -0.4 is 10.0 Å². The lowest BCUT2D eigenvalue weighted by Crippen LogP contribution is -2.46. The fraction of sp³-hybridized carbons (Fsp3) is 0.688. The molecule has 2 heterocycles. The third-order valence-corrected chi connectivity index (χ3v) is 6.04. The van der Waals surface area contributed by atoms with E-state index in [2.05, 4.69) is 28.8 Å². The number of hydrogen-bond donors (Lipinski definition) is 2. The van der Waals surface area contributed by atoms with Crippen molar-refractivity contribution in [2.75, 3.05) is 26.7 Å². The lowest BCUT2D eigenvalue weighted by molar-refractivity contribution is 0.0909. The van der Waals surface area contributed by atoms with Gasteiger partial charge >= 0.3 is 0 Å². The quantitative estimate of drug-likeness (QED) is 0.789. The first-order valence-electron chi connectivity index (χ1n) is 8.36. The summed E-state index contributed by atoms with van der Waals surface area (Å²) in [5, 5.41) is 2.92. The molecule has 136 valence electrons. The van der Waals surface area contributed by atoms with Gasteiger partial charge in [-0.15, -0.1) is 0 Å². The number of aryl methyl sites for hydroxylation is 1. The normalized spacial score (nSPS) is 20.8. The number of sulfonamides is 1. The van der Waals surface area contributed by atoms with Crippen LogP contribution in [-0.2, 0) is 17.1 Å². The van der Waals surface area contributed by atoms with Crippen molar-refractivity contribution >= 4 is 15.9 Å². The molecule has 0 spiro atoms. The highest BCUT2D eigenvalue weighted by molar-refractivity contribution is 7.89. The summed E-state index contributed by atoms with van der Waals surface area (Å²) >= 11 is 0. The van der Waals surface area contributed by atoms with Crippen molar-refractivity contribution in [3.05, 3.63) is 18.0 Å². The van der Waals surface area contributed by atoms with E-state index < -0.39 is 10.0 Å². The molecule has 2 N–H and O–H groups in total. The van der Waals surface area contributed by atoms with Crippen molar-refractivity contribution in [3.63, 3.8) is 0 Å². The van der Waals surface area contributed by atoms with Gasteiger partial charge in [0.2, 0.25) is 10.0 Å². The zero-order valence-electron chi connectivity index (χ0n) is 14.9. The van der Waals surface area contributed by atoms with Crippen molar-refractivity contribution in [2.24, 2.45) is 13.0 Å². The Morgan fingerprint density at radius 2 is 2.17 bits per heavy atom. The molecule has 1 amide bonds. The Balaban J connectivity index is 1.97. The van der Waals surface area contributed by atoms with Crippen molar-refractivity contribution in [1.82, 2.24) is 19.5 Å². The van der Waals surface area contributed by atoms with E-state index >= 15 is 0 Å². The molecule has 1 aliphatic rings. The van der Waals surface area contributed by atoms with Gasteiger partial charge in [0.1, 0.15) is 10.6 Å². The molecule has 7 nitrogen and oxygen atoms in total. The van der Waals surface area contributed by atoms with Gasteiger partial charge in [0.05, 0.1) is 0 Å². The van der Waals surface area contributed by atoms with Gasteiger partial charge in [0.15, 0.2) is 0 Å². The van der Waals surface area contributed by atoms with Crippen molar-refractivity contribution in [3.8, 4) is 0 Å². The Morgan fingerprint density at radius 1 is 1.46 bits per heavy atom. The van der Waals surface area contributed by atoms with Crippen LogP contribution in [0, 0.1) is 5.92 Å². The molecule has 1 aliphatic heterocycles. The number of aromatic nitrogens is 1. The largest absolute Gasteiger partial charge is 0.349 e. The summed E-state index contributed by atoms with van der Waals surface area (Å²) in [6, 6.07) is 1.66. The molecule has 2 atom stereocenters. The van der Waals surface area contributed by atoms with Crippen molar-refractivity contribution in [2.45, 2.75) is 37.6 Å². The third kappa shape index (κ3) is 4.37. The van der Waals surface area contributed by atoms with Gasteiger partial charge in [0.25, 0.3) is 5.91 Å². The van der Waals surface area contributed by atoms with Gasteiger partial charge in [-0.25, -0.2) is 13.1 Å². The standard InChI is InChI=1S/C16H28N4O3S/c1-12-6-5-7-20(10-12)13(2)9-18-16(21)15-8-14(11-19(15)4)24(22,23)17-3/h8,11-13,17H,5-7,9-10H2,1-4H3,(H,18,21). The monoisotopic (exact) mass is 356 g/mol. The summed E-state index contributed by atoms with van der Waals surface area (Å²) in [7, 11) is -0.530. The van der Waals surface area contributed by atoms with Crippen LogP contribution in [0.1, 0.15) is 37.2 Å². The van der Waals surface area contributed by atoms with E-state index in [-0.39, 0.29) is 16.8 Å². The molecular formula is C16H28N4O3S. The number of nitrogens with one attached hydrogen (secondary N) is 2. The Morgan fingerprint density at radius 3 is 2.79 bits per heavy atom. The number of carbonyl (C=O) groups excluding carboxylic acids is 1. The average Bonchev–Trinajstić information content (AvgIpc) is 2.95. The van der Waals surface area contributed by atoms with Gasteiger partial charge in [-0.2, -0.15) is 0 Å². The molecule has 24 heavy (non-hydrogen) atoms. The molecule has 2 unspecified atom stereocenters. The van der Waals surface area contributed by atoms with Gasteiger partial charge < -0.3 is 9.88 Å². The van der Waals surface area contributed by atoms with Crippen molar-refractivity contribution in [1.29, 1.82) is 0 Å². The molecular weight excluding hydrogens is 328 g/mol. The lowest BCUT2D eigenvalue weighted by Gasteiger charge is -2.35. The van der Waals surface area contributed by atoms with E-state index in [0.29, 0.717) is 18.2 Å². The summed E-state index contributed by atoms with van der Waals surface area (Å²) in [6.07, 6.45) is 3.90. The highest BCUT2D eigenvalue weighted by Crippen LogP contribution is 2.17. The molecule has 0 aliphatic carbocycles. The summed E-state index contributed by atoms with van der Waals surface area (Å²) in [5.74, 6) is 0.436. The second kappa shape index (κ2) is 7.67. The van der Waals surface area contributed by atoms with E-state index in [0.717, 1.165) is 13.1 Å². The lowest BCUT2D eigenvalue weighted by atomic mass is 9.99. The van der Waals surface area contributed by atoms with Crippen LogP contribution in [0.3, 0.4) is 0 Å². The zero-order valence-corrected chi connectivity index (χ0v) is 15.7. The number of hydrogen-bond acceptors (Lipinski definition) is 4. The van der Waals surface area contributed by atoms with Crippen LogP contribution in [-0.4, -0.2) is 56.5 Å². The molecule has 1 aromatic rings. The van der Waals surface area contributed by atoms with Gasteiger partial charge in [-0.3, -0.25) is 9.69 Å². The van der Waals surface area contributed by atoms with E-state index in [1.165, 1.54) is 36.7 Å². The number of rotatable bonds is 6. The fourth-order valence-corrected chi connectivity index (χ4v) is 3.91. The summed E-state index contributed by atoms with van der Waals surface area (Å²) in [5.41, 5.74) is 0.336. The summed E-state index contributed by atoms with van der Waals surface area (Å²) in [6.45, 7) is 7.04. The predicted octanol–water partition coefficient (Wildman–Crippen LogP) is 0.783. The smallest absolute Gasteiger partial charge is 0.267 e. The third-order valence-electron chi connectivity index (χ3n) is 4.66. The zero-order chi connectivity index (χ0) is 17.9. The highest BCUT2D eigenvalue weighted by atomic mass is 32.2. The Hall–Kier alpha value is -1.38. The molecule has 0 bridgehead atoms. The van der Waals surface area contributed by atoms with E-state index in [1.54, 1.807) is 7.05 Å². The number of piperidine rings is 1. The van der Waals surface area contributed by atoms with Crippen LogP contribution >= 0.6 is 0 Å². The molecule has 0 aromatic carbocycles. The maximum atomic E-state index is 12.4. The van der Waals surface area contributed by atoms with Gasteiger partial charge in [-0.1, -0.05) is 6.92 Å². The van der Waals surface area contributed by atoms with Gasteiger partial charge in [0, 0.05) is 32.4 Å². The van der Waals surface area contributed by atoms with E-state index in [1.807, 2.05) is 0 Å². The van der Waals surface area contributed by atoms with Crippen LogP contribution in [0.25, 0.3) is 0 Å². The average molecular weight is 356 g/mol. The Bertz CT molecular complexity index is 683. The topological polar surface area (TPSA) is 83.4 Å². The number of carbonyl (C=O) groups is 1. The number of nitrogens with zero attached hydrogens (tertiary/aromatic N) is 2. The minimum atomic E-state index is -3.55. The van der Waals surface area contributed by atoms with Crippen LogP contribution in [0.15, 0.2) is 17.2 Å². The summed E-state index contributed by atoms with van der Waals surface area (Å²) < 4.78 is 27.4. The Kier molecular flexibility index (Phi) is 6.06. The first kappa shape index (κ1) is 19.0. The second-order valence-electron chi connectivity index (χ2n) is 6.68. The maximum Gasteiger partial charge on any atom is 0.267 e. The molecule has 0 radical (unpaired) electrons. The predicted molar refractivity (Wildman–Crippen MR) is 93.4 cm³/mol. The van der Waals surface area contributed by atoms with Crippen LogP contribution in [0.5, 0.6) is 0 Å². The van der Waals surface area contributed by atoms with Crippen molar-refractivity contribution < 1.29 is 13.2 Å². The fourth-order valence-electron chi connectivity index (χ4n) is 3.11. The van der Waals surface area contributed by atoms with E-state index in [4.69, 9.17) is 0 Å². The minimum absolute atomic E-state index is 0.0931. The SMILES string of the molecule is CNS(=O)(=O)c1cc(C(=O)NCC(C)N2CCCC(C)C2)n(C)c1. The van der Waals surface area contributed by atoms with E-state index in [9.17, 15) is 13.2 Å². The molecule has 1 fully saturated rings. The van der Waals surface area contributed by atoms with Gasteiger partial charge in [-0.05, 0) is 45.3 Å². The molecule has 0 saturated carbocycles. The maximum absolute atomic E-state index is 12.4. The second-order valence-corrected chi connectivity index (χ2v) is 8.57. The molecule has 1 saturated heterocycles. The van der Waals surface area contributed by atoms with Crippen LogP contribution in [0.2, 0.25) is 0 Å². The molecule has 1 aromatic heterocycles. The summed E-state index contributed by atoms with van der Waals surface area (Å²) in [4.78, 5) is 14.9. The molecule has 2 rings (SSSR count). The first-order chi connectivity index (χ1) is 11.2. The highest BCUT2D eigenvalue weighted by Gasteiger charge is 2.23. The van der Waals surface area contributed by atoms with Crippen LogP contribution in [0.4, 0.5) is 0 Å². The number of likely N-dealkylation sites (tertiary alicyclic amines) is 1. The molecule has 8 heteroatoms.